The predicted octanol–water partition coefficient (Wildman–Crippen LogP) is 6.36. The van der Waals surface area contributed by atoms with Crippen molar-refractivity contribution in [3.63, 3.8) is 0 Å². The molecule has 2 amide bonds. The fourth-order valence-electron chi connectivity index (χ4n) is 3.27. The van der Waals surface area contributed by atoms with Gasteiger partial charge in [0.1, 0.15) is 16.4 Å². The van der Waals surface area contributed by atoms with Gasteiger partial charge in [0, 0.05) is 9.92 Å². The summed E-state index contributed by atoms with van der Waals surface area (Å²) in [4.78, 5) is 28.1. The van der Waals surface area contributed by atoms with E-state index in [4.69, 9.17) is 16.3 Å². The summed E-state index contributed by atoms with van der Waals surface area (Å²) in [5.41, 5.74) is -0.812. The van der Waals surface area contributed by atoms with Gasteiger partial charge in [-0.05, 0) is 54.6 Å². The number of carbonyl (C=O) groups is 2. The molecule has 174 valence electrons. The lowest BCUT2D eigenvalue weighted by atomic mass is 10.2. The zero-order chi connectivity index (χ0) is 24.5. The van der Waals surface area contributed by atoms with E-state index in [1.807, 2.05) is 0 Å². The number of para-hydroxylation sites is 2. The molecule has 0 atom stereocenters. The van der Waals surface area contributed by atoms with Gasteiger partial charge in [-0.15, -0.1) is 0 Å². The summed E-state index contributed by atoms with van der Waals surface area (Å²) in [7, 11) is 1.45. The smallest absolute Gasteiger partial charge is 0.416 e. The number of nitrogens with zero attached hydrogens (tertiary/aromatic N) is 1. The van der Waals surface area contributed by atoms with Gasteiger partial charge in [0.15, 0.2) is 0 Å². The zero-order valence-electron chi connectivity index (χ0n) is 17.5. The molecule has 0 radical (unpaired) electrons. The number of benzene rings is 3. The fraction of sp³-hybridized carbons (Fsp3) is 0.0833. The Balaban J connectivity index is 1.77. The quantitative estimate of drug-likeness (QED) is 0.396. The molecule has 1 aliphatic rings. The van der Waals surface area contributed by atoms with E-state index in [9.17, 15) is 22.8 Å². The van der Waals surface area contributed by atoms with Crippen LogP contribution < -0.4 is 15.0 Å². The molecule has 3 aromatic rings. The first kappa shape index (κ1) is 23.7. The number of methoxy groups -OCH3 is 1. The van der Waals surface area contributed by atoms with Crippen molar-refractivity contribution < 1.29 is 27.5 Å². The molecule has 0 unspecified atom stereocenters. The average molecular weight is 505 g/mol. The molecule has 0 aliphatic carbocycles. The van der Waals surface area contributed by atoms with Gasteiger partial charge in [-0.25, -0.2) is 4.90 Å². The minimum atomic E-state index is -4.63. The number of rotatable bonds is 6. The average Bonchev–Trinajstić information content (AvgIpc) is 3.04. The first-order valence-corrected chi connectivity index (χ1v) is 11.0. The van der Waals surface area contributed by atoms with Gasteiger partial charge in [-0.2, -0.15) is 13.2 Å². The molecule has 1 heterocycles. The Bertz CT molecular complexity index is 1290. The van der Waals surface area contributed by atoms with E-state index in [1.54, 1.807) is 48.5 Å². The van der Waals surface area contributed by atoms with Gasteiger partial charge in [-0.1, -0.05) is 41.6 Å². The second kappa shape index (κ2) is 9.44. The van der Waals surface area contributed by atoms with Crippen LogP contribution in [0, 0.1) is 0 Å². The Morgan fingerprint density at radius 2 is 1.65 bits per heavy atom. The van der Waals surface area contributed by atoms with Gasteiger partial charge >= 0.3 is 6.18 Å². The summed E-state index contributed by atoms with van der Waals surface area (Å²) in [5, 5.41) is 3.43. The van der Waals surface area contributed by atoms with Crippen molar-refractivity contribution in [3.8, 4) is 5.75 Å². The van der Waals surface area contributed by atoms with Crippen molar-refractivity contribution in [2.24, 2.45) is 0 Å². The van der Waals surface area contributed by atoms with Crippen LogP contribution in [0.25, 0.3) is 0 Å². The van der Waals surface area contributed by atoms with Crippen LogP contribution in [-0.4, -0.2) is 18.9 Å². The maximum Gasteiger partial charge on any atom is 0.416 e. The minimum Gasteiger partial charge on any atom is -0.495 e. The molecule has 0 saturated heterocycles. The van der Waals surface area contributed by atoms with Crippen LogP contribution in [0.4, 0.5) is 24.5 Å². The number of thioether (sulfide) groups is 1. The largest absolute Gasteiger partial charge is 0.495 e. The highest BCUT2D eigenvalue weighted by atomic mass is 35.5. The molecule has 4 rings (SSSR count). The third kappa shape index (κ3) is 4.76. The molecule has 0 saturated carbocycles. The van der Waals surface area contributed by atoms with Gasteiger partial charge < -0.3 is 10.1 Å². The lowest BCUT2D eigenvalue weighted by Crippen LogP contribution is -2.32. The molecular formula is C24H16ClF3N2O3S. The van der Waals surface area contributed by atoms with Crippen LogP contribution >= 0.6 is 23.4 Å². The number of anilines is 2. The molecular weight excluding hydrogens is 489 g/mol. The van der Waals surface area contributed by atoms with Crippen LogP contribution in [0.15, 0.2) is 88.3 Å². The molecule has 34 heavy (non-hydrogen) atoms. The second-order valence-corrected chi connectivity index (χ2v) is 8.60. The fourth-order valence-corrected chi connectivity index (χ4v) is 4.33. The van der Waals surface area contributed by atoms with Gasteiger partial charge in [0.25, 0.3) is 11.8 Å². The Labute approximate surface area is 202 Å². The van der Waals surface area contributed by atoms with Crippen LogP contribution in [-0.2, 0) is 15.8 Å². The summed E-state index contributed by atoms with van der Waals surface area (Å²) in [6, 6.07) is 17.4. The van der Waals surface area contributed by atoms with E-state index >= 15 is 0 Å². The Morgan fingerprint density at radius 3 is 2.32 bits per heavy atom. The number of alkyl halides is 3. The van der Waals surface area contributed by atoms with Gasteiger partial charge in [-0.3, -0.25) is 9.59 Å². The molecule has 1 N–H and O–H groups in total. The lowest BCUT2D eigenvalue weighted by Gasteiger charge is -2.17. The molecule has 0 spiro atoms. The minimum absolute atomic E-state index is 0.0237. The van der Waals surface area contributed by atoms with E-state index in [0.29, 0.717) is 21.4 Å². The normalized spacial score (nSPS) is 14.1. The third-order valence-corrected chi connectivity index (χ3v) is 6.22. The highest BCUT2D eigenvalue weighted by Crippen LogP contribution is 2.40. The number of nitrogens with one attached hydrogen (secondary N) is 1. The van der Waals surface area contributed by atoms with E-state index in [-0.39, 0.29) is 16.3 Å². The Morgan fingerprint density at radius 1 is 0.941 bits per heavy atom. The zero-order valence-corrected chi connectivity index (χ0v) is 19.1. The number of halogens is 4. The van der Waals surface area contributed by atoms with E-state index in [1.165, 1.54) is 13.2 Å². The first-order chi connectivity index (χ1) is 16.2. The SMILES string of the molecule is COc1ccccc1NC1=C(Sc2ccc(Cl)cc2)C(=O)N(c2cccc(C(F)(F)F)c2)C1=O. The van der Waals surface area contributed by atoms with E-state index in [0.717, 1.165) is 34.9 Å². The second-order valence-electron chi connectivity index (χ2n) is 7.08. The molecule has 5 nitrogen and oxygen atoms in total. The predicted molar refractivity (Wildman–Crippen MR) is 125 cm³/mol. The molecule has 3 aromatic carbocycles. The monoisotopic (exact) mass is 504 g/mol. The lowest BCUT2D eigenvalue weighted by molar-refractivity contribution is -0.137. The highest BCUT2D eigenvalue weighted by Gasteiger charge is 2.41. The molecule has 0 aromatic heterocycles. The summed E-state index contributed by atoms with van der Waals surface area (Å²) in [5.74, 6) is -1.11. The van der Waals surface area contributed by atoms with Crippen LogP contribution in [0.1, 0.15) is 5.56 Å². The molecule has 10 heteroatoms. The summed E-state index contributed by atoms with van der Waals surface area (Å²) in [6.45, 7) is 0. The molecule has 1 aliphatic heterocycles. The topological polar surface area (TPSA) is 58.6 Å². The molecule has 0 fully saturated rings. The van der Waals surface area contributed by atoms with Crippen molar-refractivity contribution in [2.75, 3.05) is 17.3 Å². The van der Waals surface area contributed by atoms with Crippen molar-refractivity contribution in [1.82, 2.24) is 0 Å². The van der Waals surface area contributed by atoms with Crippen LogP contribution in [0.2, 0.25) is 5.02 Å². The number of imide groups is 1. The summed E-state index contributed by atoms with van der Waals surface area (Å²) < 4.78 is 45.1. The van der Waals surface area contributed by atoms with Gasteiger partial charge in [0.2, 0.25) is 0 Å². The Kier molecular flexibility index (Phi) is 6.58. The Hall–Kier alpha value is -3.43. The van der Waals surface area contributed by atoms with Gasteiger partial charge in [0.05, 0.1) is 24.0 Å². The number of carbonyl (C=O) groups excluding carboxylic acids is 2. The van der Waals surface area contributed by atoms with E-state index < -0.39 is 23.6 Å². The first-order valence-electron chi connectivity index (χ1n) is 9.83. The van der Waals surface area contributed by atoms with Crippen molar-refractivity contribution in [2.45, 2.75) is 11.1 Å². The molecule has 0 bridgehead atoms. The summed E-state index contributed by atoms with van der Waals surface area (Å²) in [6.07, 6.45) is -4.63. The maximum absolute atomic E-state index is 13.4. The van der Waals surface area contributed by atoms with Crippen molar-refractivity contribution in [3.05, 3.63) is 94.0 Å². The number of ether oxygens (including phenoxy) is 1. The van der Waals surface area contributed by atoms with E-state index in [2.05, 4.69) is 5.32 Å². The van der Waals surface area contributed by atoms with Crippen LogP contribution in [0.5, 0.6) is 5.75 Å². The summed E-state index contributed by atoms with van der Waals surface area (Å²) >= 11 is 6.94. The number of hydrogen-bond donors (Lipinski definition) is 1. The maximum atomic E-state index is 13.4. The van der Waals surface area contributed by atoms with Crippen LogP contribution in [0.3, 0.4) is 0 Å². The highest BCUT2D eigenvalue weighted by molar-refractivity contribution is 8.04. The standard InChI is InChI=1S/C24H16ClF3N2O3S/c1-33-19-8-3-2-7-18(19)29-20-21(34-17-11-9-15(25)10-12-17)23(32)30(22(20)31)16-6-4-5-14(13-16)24(26,27)28/h2-13,29H,1H3. The third-order valence-electron chi connectivity index (χ3n) is 4.87. The van der Waals surface area contributed by atoms with Crippen molar-refractivity contribution in [1.29, 1.82) is 0 Å². The number of amides is 2. The van der Waals surface area contributed by atoms with Crippen molar-refractivity contribution >= 4 is 46.6 Å². The number of hydrogen-bond acceptors (Lipinski definition) is 5.